The number of fused-ring (bicyclic) bond motifs is 2. The highest BCUT2D eigenvalue weighted by Crippen LogP contribution is 2.40. The van der Waals surface area contributed by atoms with Crippen LogP contribution in [-0.4, -0.2) is 57.2 Å². The first-order valence-electron chi connectivity index (χ1n) is 9.91. The number of piperidine rings is 1. The highest BCUT2D eigenvalue weighted by atomic mass is 16.2. The maximum Gasteiger partial charge on any atom is 0.257 e. The highest BCUT2D eigenvalue weighted by Gasteiger charge is 2.46. The minimum atomic E-state index is -0.00499. The van der Waals surface area contributed by atoms with Gasteiger partial charge >= 0.3 is 0 Å². The molecule has 0 bridgehead atoms. The van der Waals surface area contributed by atoms with Crippen LogP contribution in [0.15, 0.2) is 30.7 Å². The lowest BCUT2D eigenvalue weighted by Crippen LogP contribution is -2.53. The van der Waals surface area contributed by atoms with Crippen molar-refractivity contribution < 1.29 is 4.79 Å². The second kappa shape index (κ2) is 7.08. The maximum atomic E-state index is 12.7. The Morgan fingerprint density at radius 3 is 2.56 bits per heavy atom. The van der Waals surface area contributed by atoms with Crippen molar-refractivity contribution in [3.05, 3.63) is 47.5 Å². The molecule has 2 aliphatic heterocycles. The molecule has 4 rings (SSSR count). The van der Waals surface area contributed by atoms with Gasteiger partial charge in [-0.2, -0.15) is 5.10 Å². The summed E-state index contributed by atoms with van der Waals surface area (Å²) in [5, 5.41) is 4.90. The summed E-state index contributed by atoms with van der Waals surface area (Å²) in [7, 11) is 1.93. The van der Waals surface area contributed by atoms with Crippen LogP contribution in [0.4, 0.5) is 0 Å². The summed E-state index contributed by atoms with van der Waals surface area (Å²) in [5.41, 5.74) is 3.15. The molecular weight excluding hydrogens is 338 g/mol. The summed E-state index contributed by atoms with van der Waals surface area (Å²) in [6.07, 6.45) is 7.77. The predicted octanol–water partition coefficient (Wildman–Crippen LogP) is 2.55. The fourth-order valence-corrected chi connectivity index (χ4v) is 4.52. The fourth-order valence-electron chi connectivity index (χ4n) is 4.52. The highest BCUT2D eigenvalue weighted by molar-refractivity contribution is 5.96. The molecule has 144 valence electrons. The number of likely N-dealkylation sites (N-methyl/N-ethyl adjacent to an activating group) is 1. The van der Waals surface area contributed by atoms with Crippen LogP contribution in [0.25, 0.3) is 0 Å². The molecule has 0 atom stereocenters. The van der Waals surface area contributed by atoms with E-state index in [1.165, 1.54) is 5.56 Å². The van der Waals surface area contributed by atoms with Crippen molar-refractivity contribution in [1.29, 1.82) is 0 Å². The van der Waals surface area contributed by atoms with Gasteiger partial charge in [0.05, 0.1) is 11.3 Å². The molecule has 2 aromatic heterocycles. The molecule has 1 fully saturated rings. The van der Waals surface area contributed by atoms with E-state index in [1.807, 2.05) is 35.2 Å². The Morgan fingerprint density at radius 1 is 1.19 bits per heavy atom. The minimum absolute atomic E-state index is 0.00499. The summed E-state index contributed by atoms with van der Waals surface area (Å²) in [6, 6.07) is 4.17. The molecule has 6 nitrogen and oxygen atoms in total. The van der Waals surface area contributed by atoms with Crippen LogP contribution in [0.2, 0.25) is 0 Å². The molecule has 0 radical (unpaired) electrons. The number of carbonyl (C=O) groups is 1. The Hall–Kier alpha value is -2.21. The summed E-state index contributed by atoms with van der Waals surface area (Å²) >= 11 is 0. The molecule has 27 heavy (non-hydrogen) atoms. The lowest BCUT2D eigenvalue weighted by Gasteiger charge is -2.45. The molecule has 0 aliphatic carbocycles. The average Bonchev–Trinajstić information content (AvgIpc) is 3.07. The number of carbonyl (C=O) groups excluding carboxylic acids is 1. The van der Waals surface area contributed by atoms with Crippen LogP contribution >= 0.6 is 0 Å². The Bertz CT molecular complexity index is 805. The molecule has 1 saturated heterocycles. The van der Waals surface area contributed by atoms with E-state index in [9.17, 15) is 4.79 Å². The van der Waals surface area contributed by atoms with Crippen LogP contribution in [-0.2, 0) is 18.5 Å². The molecule has 2 aliphatic rings. The summed E-state index contributed by atoms with van der Waals surface area (Å²) in [6.45, 7) is 9.02. The number of nitrogens with zero attached hydrogens (tertiary/aromatic N) is 5. The first-order chi connectivity index (χ1) is 13.0. The quantitative estimate of drug-likeness (QED) is 0.833. The van der Waals surface area contributed by atoms with E-state index in [1.54, 1.807) is 0 Å². The van der Waals surface area contributed by atoms with Crippen molar-refractivity contribution in [2.75, 3.05) is 26.7 Å². The predicted molar refractivity (Wildman–Crippen MR) is 104 cm³/mol. The van der Waals surface area contributed by atoms with E-state index in [2.05, 4.69) is 35.9 Å². The zero-order chi connectivity index (χ0) is 19.0. The number of amides is 1. The van der Waals surface area contributed by atoms with E-state index < -0.39 is 0 Å². The van der Waals surface area contributed by atoms with Crippen molar-refractivity contribution >= 4 is 5.91 Å². The summed E-state index contributed by atoms with van der Waals surface area (Å²) in [5.74, 6) is 0.627. The second-order valence-electron chi connectivity index (χ2n) is 8.58. The van der Waals surface area contributed by atoms with Crippen molar-refractivity contribution in [2.45, 2.75) is 45.2 Å². The van der Waals surface area contributed by atoms with Crippen LogP contribution in [0, 0.1) is 5.92 Å². The van der Waals surface area contributed by atoms with Gasteiger partial charge in [-0.3, -0.25) is 19.4 Å². The van der Waals surface area contributed by atoms with Gasteiger partial charge in [0.25, 0.3) is 5.91 Å². The van der Waals surface area contributed by atoms with Gasteiger partial charge in [-0.1, -0.05) is 13.8 Å². The monoisotopic (exact) mass is 367 g/mol. The lowest BCUT2D eigenvalue weighted by atomic mass is 9.72. The Morgan fingerprint density at radius 2 is 1.89 bits per heavy atom. The number of aromatic nitrogens is 3. The van der Waals surface area contributed by atoms with Crippen LogP contribution < -0.4 is 0 Å². The molecule has 0 unspecified atom stereocenters. The number of hydrogen-bond acceptors (Lipinski definition) is 4. The average molecular weight is 367 g/mol. The van der Waals surface area contributed by atoms with Crippen molar-refractivity contribution in [3.63, 3.8) is 0 Å². The molecule has 0 aromatic carbocycles. The Labute approximate surface area is 161 Å². The molecule has 1 spiro atoms. The second-order valence-corrected chi connectivity index (χ2v) is 8.58. The first kappa shape index (κ1) is 18.2. The SMILES string of the molecule is CC(C)Cn1cc2c(n1)C1(CCN(Cc3ccncc3)CC1)CN(C)C2=O. The third-order valence-corrected chi connectivity index (χ3v) is 5.90. The third kappa shape index (κ3) is 3.50. The number of likely N-dealkylation sites (tertiary alicyclic amines) is 1. The number of hydrogen-bond donors (Lipinski definition) is 0. The van der Waals surface area contributed by atoms with Gasteiger partial charge in [0.1, 0.15) is 0 Å². The van der Waals surface area contributed by atoms with Gasteiger partial charge in [-0.25, -0.2) is 0 Å². The summed E-state index contributed by atoms with van der Waals surface area (Å²) in [4.78, 5) is 21.2. The third-order valence-electron chi connectivity index (χ3n) is 5.90. The van der Waals surface area contributed by atoms with E-state index in [0.29, 0.717) is 5.92 Å². The van der Waals surface area contributed by atoms with E-state index in [4.69, 9.17) is 5.10 Å². The Balaban J connectivity index is 1.54. The molecule has 1 amide bonds. The largest absolute Gasteiger partial charge is 0.341 e. The van der Waals surface area contributed by atoms with Crippen molar-refractivity contribution in [3.8, 4) is 0 Å². The molecular formula is C21H29N5O. The van der Waals surface area contributed by atoms with Gasteiger partial charge in [0, 0.05) is 50.7 Å². The zero-order valence-electron chi connectivity index (χ0n) is 16.6. The zero-order valence-corrected chi connectivity index (χ0v) is 16.6. The van der Waals surface area contributed by atoms with Gasteiger partial charge in [0.15, 0.2) is 0 Å². The molecule has 0 saturated carbocycles. The molecule has 4 heterocycles. The van der Waals surface area contributed by atoms with Crippen LogP contribution in [0.1, 0.15) is 48.3 Å². The van der Waals surface area contributed by atoms with Crippen LogP contribution in [0.5, 0.6) is 0 Å². The standard InChI is InChI=1S/C21H29N5O/c1-16(2)12-26-14-18-19(23-26)21(15-24(3)20(18)27)6-10-25(11-7-21)13-17-4-8-22-9-5-17/h4-5,8-9,14,16H,6-7,10-13,15H2,1-3H3. The molecule has 0 N–H and O–H groups in total. The fraction of sp³-hybridized carbons (Fsp3) is 0.571. The van der Waals surface area contributed by atoms with E-state index in [-0.39, 0.29) is 11.3 Å². The van der Waals surface area contributed by atoms with Gasteiger partial charge in [0.2, 0.25) is 0 Å². The maximum absolute atomic E-state index is 12.7. The first-order valence-corrected chi connectivity index (χ1v) is 9.91. The van der Waals surface area contributed by atoms with E-state index in [0.717, 1.165) is 56.8 Å². The number of pyridine rings is 1. The Kier molecular flexibility index (Phi) is 4.76. The normalized spacial score (nSPS) is 19.7. The molecule has 2 aromatic rings. The lowest BCUT2D eigenvalue weighted by molar-refractivity contribution is 0.0628. The smallest absolute Gasteiger partial charge is 0.257 e. The van der Waals surface area contributed by atoms with Gasteiger partial charge in [-0.15, -0.1) is 0 Å². The number of rotatable bonds is 4. The molecule has 6 heteroatoms. The van der Waals surface area contributed by atoms with E-state index >= 15 is 0 Å². The van der Waals surface area contributed by atoms with Crippen LogP contribution in [0.3, 0.4) is 0 Å². The topological polar surface area (TPSA) is 54.3 Å². The minimum Gasteiger partial charge on any atom is -0.341 e. The van der Waals surface area contributed by atoms with Crippen molar-refractivity contribution in [1.82, 2.24) is 24.6 Å². The van der Waals surface area contributed by atoms with Gasteiger partial charge in [-0.05, 0) is 49.5 Å². The summed E-state index contributed by atoms with van der Waals surface area (Å²) < 4.78 is 1.98. The van der Waals surface area contributed by atoms with Crippen molar-refractivity contribution in [2.24, 2.45) is 5.92 Å². The van der Waals surface area contributed by atoms with Gasteiger partial charge < -0.3 is 4.90 Å².